The van der Waals surface area contributed by atoms with E-state index < -0.39 is 0 Å². The summed E-state index contributed by atoms with van der Waals surface area (Å²) >= 11 is 0. The molecule has 2 aromatic carbocycles. The van der Waals surface area contributed by atoms with Crippen molar-refractivity contribution in [3.05, 3.63) is 66.4 Å². The van der Waals surface area contributed by atoms with Crippen molar-refractivity contribution in [3.8, 4) is 0 Å². The third-order valence-electron chi connectivity index (χ3n) is 2.92. The number of para-hydroxylation sites is 1. The zero-order valence-electron chi connectivity index (χ0n) is 12.2. The molecule has 2 heteroatoms. The number of benzene rings is 2. The van der Waals surface area contributed by atoms with Crippen molar-refractivity contribution < 1.29 is 0 Å². The quantitative estimate of drug-likeness (QED) is 0.678. The van der Waals surface area contributed by atoms with E-state index in [1.165, 1.54) is 16.3 Å². The molecule has 0 saturated heterocycles. The van der Waals surface area contributed by atoms with Crippen LogP contribution in [0.25, 0.3) is 10.8 Å². The monoisotopic (exact) mass is 264 g/mol. The van der Waals surface area contributed by atoms with Crippen LogP contribution in [0.4, 0.5) is 11.5 Å². The van der Waals surface area contributed by atoms with Crippen LogP contribution < -0.4 is 5.32 Å². The summed E-state index contributed by atoms with van der Waals surface area (Å²) in [7, 11) is 0. The molecule has 1 heterocycles. The highest BCUT2D eigenvalue weighted by molar-refractivity contribution is 5.85. The van der Waals surface area contributed by atoms with Gasteiger partial charge in [0.25, 0.3) is 0 Å². The molecule has 0 bridgehead atoms. The highest BCUT2D eigenvalue weighted by Crippen LogP contribution is 2.20. The van der Waals surface area contributed by atoms with Gasteiger partial charge in [0, 0.05) is 17.3 Å². The summed E-state index contributed by atoms with van der Waals surface area (Å²) in [5.41, 5.74) is 2.32. The average molecular weight is 264 g/mol. The van der Waals surface area contributed by atoms with Gasteiger partial charge in [-0.15, -0.1) is 0 Å². The molecule has 0 fully saturated rings. The lowest BCUT2D eigenvalue weighted by Gasteiger charge is -2.06. The van der Waals surface area contributed by atoms with Gasteiger partial charge in [0.05, 0.1) is 0 Å². The highest BCUT2D eigenvalue weighted by Gasteiger charge is 1.99. The number of fused-ring (bicyclic) bond motifs is 1. The second-order valence-electron chi connectivity index (χ2n) is 4.41. The van der Waals surface area contributed by atoms with Crippen LogP contribution >= 0.6 is 0 Å². The Morgan fingerprint density at radius 1 is 0.850 bits per heavy atom. The zero-order chi connectivity index (χ0) is 14.4. The molecule has 0 aliphatic heterocycles. The maximum Gasteiger partial charge on any atom is 0.130 e. The fourth-order valence-electron chi connectivity index (χ4n) is 2.00. The van der Waals surface area contributed by atoms with E-state index in [2.05, 4.69) is 41.5 Å². The van der Waals surface area contributed by atoms with Crippen molar-refractivity contribution >= 4 is 22.3 Å². The lowest BCUT2D eigenvalue weighted by atomic mass is 10.1. The average Bonchev–Trinajstić information content (AvgIpc) is 2.50. The van der Waals surface area contributed by atoms with Crippen LogP contribution in [-0.2, 0) is 0 Å². The van der Waals surface area contributed by atoms with Crippen molar-refractivity contribution in [2.24, 2.45) is 0 Å². The van der Waals surface area contributed by atoms with E-state index in [0.29, 0.717) is 0 Å². The van der Waals surface area contributed by atoms with Crippen molar-refractivity contribution in [2.45, 2.75) is 20.8 Å². The van der Waals surface area contributed by atoms with Gasteiger partial charge in [0.15, 0.2) is 0 Å². The summed E-state index contributed by atoms with van der Waals surface area (Å²) in [6, 6.07) is 18.5. The molecule has 0 unspecified atom stereocenters. The maximum absolute atomic E-state index is 4.42. The molecule has 102 valence electrons. The lowest BCUT2D eigenvalue weighted by molar-refractivity contribution is 1.33. The van der Waals surface area contributed by atoms with Crippen molar-refractivity contribution in [2.75, 3.05) is 5.32 Å². The molecule has 0 radical (unpaired) electrons. The van der Waals surface area contributed by atoms with E-state index in [9.17, 15) is 0 Å². The normalized spacial score (nSPS) is 9.75. The summed E-state index contributed by atoms with van der Waals surface area (Å²) < 4.78 is 0. The van der Waals surface area contributed by atoms with Crippen molar-refractivity contribution in [1.82, 2.24) is 4.98 Å². The Labute approximate surface area is 120 Å². The molecule has 0 aliphatic carbocycles. The van der Waals surface area contributed by atoms with Crippen LogP contribution in [0.5, 0.6) is 0 Å². The summed E-state index contributed by atoms with van der Waals surface area (Å²) in [4.78, 5) is 4.42. The van der Waals surface area contributed by atoms with Crippen molar-refractivity contribution in [1.29, 1.82) is 0 Å². The first kappa shape index (κ1) is 14.1. The Morgan fingerprint density at radius 2 is 1.60 bits per heavy atom. The molecule has 0 amide bonds. The Bertz CT molecular complexity index is 675. The molecule has 3 aromatic rings. The minimum absolute atomic E-state index is 0.874. The number of hydrogen-bond acceptors (Lipinski definition) is 2. The summed E-state index contributed by atoms with van der Waals surface area (Å²) in [5.74, 6) is 0.874. The molecular weight excluding hydrogens is 244 g/mol. The van der Waals surface area contributed by atoms with E-state index in [1.54, 1.807) is 0 Å². The van der Waals surface area contributed by atoms with Gasteiger partial charge in [-0.1, -0.05) is 55.8 Å². The van der Waals surface area contributed by atoms with Crippen LogP contribution in [0.2, 0.25) is 0 Å². The fraction of sp³-hybridized carbons (Fsp3) is 0.167. The number of nitrogens with one attached hydrogen (secondary N) is 1. The number of pyridine rings is 1. The van der Waals surface area contributed by atoms with E-state index in [-0.39, 0.29) is 0 Å². The van der Waals surface area contributed by atoms with Crippen LogP contribution in [0.3, 0.4) is 0 Å². The minimum Gasteiger partial charge on any atom is -0.340 e. The Kier molecular flexibility index (Phi) is 4.72. The number of aromatic nitrogens is 1. The molecule has 1 aromatic heterocycles. The lowest BCUT2D eigenvalue weighted by Crippen LogP contribution is -1.92. The first-order valence-corrected chi connectivity index (χ1v) is 7.00. The van der Waals surface area contributed by atoms with Gasteiger partial charge in [-0.25, -0.2) is 4.98 Å². The molecular formula is C18H20N2. The number of hydrogen-bond donors (Lipinski definition) is 1. The number of rotatable bonds is 2. The smallest absolute Gasteiger partial charge is 0.130 e. The summed E-state index contributed by atoms with van der Waals surface area (Å²) in [5, 5.41) is 5.68. The minimum atomic E-state index is 0.874. The van der Waals surface area contributed by atoms with Gasteiger partial charge in [0.1, 0.15) is 5.82 Å². The second kappa shape index (κ2) is 6.71. The van der Waals surface area contributed by atoms with E-state index in [4.69, 9.17) is 0 Å². The fourth-order valence-corrected chi connectivity index (χ4v) is 2.00. The second-order valence-corrected chi connectivity index (χ2v) is 4.41. The van der Waals surface area contributed by atoms with Gasteiger partial charge < -0.3 is 5.32 Å². The molecule has 0 atom stereocenters. The van der Waals surface area contributed by atoms with Crippen LogP contribution in [0, 0.1) is 6.92 Å². The molecule has 3 rings (SSSR count). The SMILES string of the molecule is CC.Cc1ccc2cnc(Nc3ccccc3)cc2c1. The predicted octanol–water partition coefficient (Wildman–Crippen LogP) is 5.31. The molecule has 0 aliphatic rings. The Morgan fingerprint density at radius 3 is 2.35 bits per heavy atom. The topological polar surface area (TPSA) is 24.9 Å². The van der Waals surface area contributed by atoms with Gasteiger partial charge in [-0.2, -0.15) is 0 Å². The van der Waals surface area contributed by atoms with E-state index in [1.807, 2.05) is 50.4 Å². The number of aryl methyl sites for hydroxylation is 1. The Hall–Kier alpha value is -2.35. The van der Waals surface area contributed by atoms with E-state index in [0.717, 1.165) is 11.5 Å². The molecule has 0 saturated carbocycles. The standard InChI is InChI=1S/C16H14N2.C2H6/c1-12-7-8-13-11-17-16(10-14(13)9-12)18-15-5-3-2-4-6-15;1-2/h2-11H,1H3,(H,17,18);1-2H3. The van der Waals surface area contributed by atoms with Crippen LogP contribution in [0.15, 0.2) is 60.8 Å². The largest absolute Gasteiger partial charge is 0.340 e. The molecule has 0 spiro atoms. The Balaban J connectivity index is 0.000000704. The third kappa shape index (κ3) is 3.35. The van der Waals surface area contributed by atoms with Gasteiger partial charge in [-0.05, 0) is 30.5 Å². The first-order chi connectivity index (χ1) is 9.81. The van der Waals surface area contributed by atoms with Crippen LogP contribution in [0.1, 0.15) is 19.4 Å². The third-order valence-corrected chi connectivity index (χ3v) is 2.92. The first-order valence-electron chi connectivity index (χ1n) is 7.00. The van der Waals surface area contributed by atoms with Gasteiger partial charge in [-0.3, -0.25) is 0 Å². The van der Waals surface area contributed by atoms with Crippen molar-refractivity contribution in [3.63, 3.8) is 0 Å². The number of nitrogens with zero attached hydrogens (tertiary/aromatic N) is 1. The van der Waals surface area contributed by atoms with Gasteiger partial charge >= 0.3 is 0 Å². The van der Waals surface area contributed by atoms with Crippen LogP contribution in [-0.4, -0.2) is 4.98 Å². The predicted molar refractivity (Wildman–Crippen MR) is 87.6 cm³/mol. The molecule has 1 N–H and O–H groups in total. The summed E-state index contributed by atoms with van der Waals surface area (Å²) in [6.45, 7) is 6.10. The van der Waals surface area contributed by atoms with Gasteiger partial charge in [0.2, 0.25) is 0 Å². The maximum atomic E-state index is 4.42. The highest BCUT2D eigenvalue weighted by atomic mass is 15.0. The van der Waals surface area contributed by atoms with E-state index >= 15 is 0 Å². The molecule has 2 nitrogen and oxygen atoms in total. The molecule has 20 heavy (non-hydrogen) atoms. The number of anilines is 2. The zero-order valence-corrected chi connectivity index (χ0v) is 12.2. The summed E-state index contributed by atoms with van der Waals surface area (Å²) in [6.07, 6.45) is 1.90.